The van der Waals surface area contributed by atoms with Gasteiger partial charge in [0, 0.05) is 12.6 Å². The average molecular weight is 466 g/mol. The molecule has 1 N–H and O–H groups in total. The van der Waals surface area contributed by atoms with Gasteiger partial charge in [0.2, 0.25) is 0 Å². The summed E-state index contributed by atoms with van der Waals surface area (Å²) in [5.74, 6) is 1.44. The molecule has 2 unspecified atom stereocenters. The van der Waals surface area contributed by atoms with Crippen LogP contribution in [0.4, 0.5) is 0 Å². The van der Waals surface area contributed by atoms with Crippen LogP contribution in [0.3, 0.4) is 0 Å². The van der Waals surface area contributed by atoms with Gasteiger partial charge in [-0.3, -0.25) is 0 Å². The molecule has 0 heterocycles. The minimum Gasteiger partial charge on any atom is -0.491 e. The SMILES string of the molecule is CC(Cc1ccccc1)NCCOc1ccc(COC(C)C2CCCCC2)cc1Cl.Cl. The molecule has 1 saturated carbocycles. The molecule has 0 aromatic heterocycles. The standard InChI is InChI=1S/C26H36ClNO2.ClH/c1-20(17-22-9-5-3-6-10-22)28-15-16-29-26-14-13-23(18-25(26)27)19-30-21(2)24-11-7-4-8-12-24;/h3,5-6,9-10,13-14,18,20-21,24,28H,4,7-8,11-12,15-17,19H2,1-2H3;1H. The zero-order valence-corrected chi connectivity index (χ0v) is 20.4. The molecule has 3 nitrogen and oxygen atoms in total. The highest BCUT2D eigenvalue weighted by atomic mass is 35.5. The summed E-state index contributed by atoms with van der Waals surface area (Å²) >= 11 is 6.44. The Morgan fingerprint density at radius 3 is 2.45 bits per heavy atom. The van der Waals surface area contributed by atoms with Crippen LogP contribution < -0.4 is 10.1 Å². The van der Waals surface area contributed by atoms with Gasteiger partial charge in [0.15, 0.2) is 0 Å². The summed E-state index contributed by atoms with van der Waals surface area (Å²) in [4.78, 5) is 0. The van der Waals surface area contributed by atoms with Gasteiger partial charge in [-0.05, 0) is 62.3 Å². The largest absolute Gasteiger partial charge is 0.491 e. The van der Waals surface area contributed by atoms with Crippen molar-refractivity contribution in [1.29, 1.82) is 0 Å². The van der Waals surface area contributed by atoms with Crippen LogP contribution in [0.1, 0.15) is 57.1 Å². The maximum absolute atomic E-state index is 6.44. The third kappa shape index (κ3) is 9.02. The molecule has 2 aromatic carbocycles. The van der Waals surface area contributed by atoms with Crippen molar-refractivity contribution in [1.82, 2.24) is 5.32 Å². The van der Waals surface area contributed by atoms with Crippen LogP contribution in [-0.4, -0.2) is 25.3 Å². The molecule has 172 valence electrons. The van der Waals surface area contributed by atoms with Crippen molar-refractivity contribution in [3.63, 3.8) is 0 Å². The number of ether oxygens (including phenoxy) is 2. The van der Waals surface area contributed by atoms with Crippen molar-refractivity contribution in [3.05, 3.63) is 64.7 Å². The first-order chi connectivity index (χ1) is 14.6. The first kappa shape index (κ1) is 26.0. The molecule has 2 atom stereocenters. The summed E-state index contributed by atoms with van der Waals surface area (Å²) in [5, 5.41) is 4.16. The molecule has 0 aliphatic heterocycles. The smallest absolute Gasteiger partial charge is 0.137 e. The Kier molecular flexibility index (Phi) is 11.7. The quantitative estimate of drug-likeness (QED) is 0.368. The summed E-state index contributed by atoms with van der Waals surface area (Å²) in [5.41, 5.74) is 2.45. The molecule has 1 aliphatic carbocycles. The van der Waals surface area contributed by atoms with Gasteiger partial charge in [-0.1, -0.05) is 67.3 Å². The molecule has 31 heavy (non-hydrogen) atoms. The highest BCUT2D eigenvalue weighted by Crippen LogP contribution is 2.29. The molecule has 3 rings (SSSR count). The van der Waals surface area contributed by atoms with Crippen molar-refractivity contribution < 1.29 is 9.47 Å². The van der Waals surface area contributed by atoms with E-state index in [1.165, 1.54) is 37.7 Å². The lowest BCUT2D eigenvalue weighted by Gasteiger charge is -2.27. The normalized spacial score (nSPS) is 16.4. The van der Waals surface area contributed by atoms with E-state index >= 15 is 0 Å². The van der Waals surface area contributed by atoms with E-state index in [1.807, 2.05) is 18.2 Å². The van der Waals surface area contributed by atoms with Gasteiger partial charge in [0.25, 0.3) is 0 Å². The summed E-state index contributed by atoms with van der Waals surface area (Å²) in [6.07, 6.45) is 7.98. The molecular formula is C26H37Cl2NO2. The van der Waals surface area contributed by atoms with Gasteiger partial charge in [-0.25, -0.2) is 0 Å². The van der Waals surface area contributed by atoms with Crippen molar-refractivity contribution in [2.45, 2.75) is 71.1 Å². The Bertz CT molecular complexity index is 750. The predicted octanol–water partition coefficient (Wildman–Crippen LogP) is 6.85. The van der Waals surface area contributed by atoms with Gasteiger partial charge in [0.1, 0.15) is 12.4 Å². The van der Waals surface area contributed by atoms with Crippen LogP contribution >= 0.6 is 24.0 Å². The topological polar surface area (TPSA) is 30.5 Å². The zero-order valence-electron chi connectivity index (χ0n) is 18.8. The fourth-order valence-electron chi connectivity index (χ4n) is 4.22. The van der Waals surface area contributed by atoms with E-state index in [1.54, 1.807) is 0 Å². The van der Waals surface area contributed by atoms with Crippen LogP contribution in [0.2, 0.25) is 5.02 Å². The van der Waals surface area contributed by atoms with E-state index in [2.05, 4.69) is 49.5 Å². The molecular weight excluding hydrogens is 429 g/mol. The number of hydrogen-bond donors (Lipinski definition) is 1. The van der Waals surface area contributed by atoms with Crippen LogP contribution in [0, 0.1) is 5.92 Å². The van der Waals surface area contributed by atoms with E-state index < -0.39 is 0 Å². The molecule has 0 amide bonds. The molecule has 1 fully saturated rings. The fourth-order valence-corrected chi connectivity index (χ4v) is 4.48. The Morgan fingerprint density at radius 2 is 1.74 bits per heavy atom. The minimum absolute atomic E-state index is 0. The molecule has 1 aliphatic rings. The minimum atomic E-state index is 0. The lowest BCUT2D eigenvalue weighted by atomic mass is 9.86. The highest BCUT2D eigenvalue weighted by Gasteiger charge is 2.20. The number of benzene rings is 2. The lowest BCUT2D eigenvalue weighted by molar-refractivity contribution is 0.00206. The Balaban J connectivity index is 0.00000341. The van der Waals surface area contributed by atoms with Crippen LogP contribution in [0.25, 0.3) is 0 Å². The predicted molar refractivity (Wildman–Crippen MR) is 133 cm³/mol. The summed E-state index contributed by atoms with van der Waals surface area (Å²) in [6, 6.07) is 16.9. The van der Waals surface area contributed by atoms with Crippen LogP contribution in [-0.2, 0) is 17.8 Å². The molecule has 5 heteroatoms. The fraction of sp³-hybridized carbons (Fsp3) is 0.538. The first-order valence-electron chi connectivity index (χ1n) is 11.4. The number of halogens is 2. The maximum atomic E-state index is 6.44. The van der Waals surface area contributed by atoms with Gasteiger partial charge in [-0.2, -0.15) is 0 Å². The van der Waals surface area contributed by atoms with Crippen LogP contribution in [0.15, 0.2) is 48.5 Å². The lowest BCUT2D eigenvalue weighted by Crippen LogP contribution is -2.31. The van der Waals surface area contributed by atoms with Crippen molar-refractivity contribution in [2.75, 3.05) is 13.2 Å². The summed E-state index contributed by atoms with van der Waals surface area (Å²) in [7, 11) is 0. The second-order valence-corrected chi connectivity index (χ2v) is 8.98. The molecule has 0 saturated heterocycles. The molecule has 0 spiro atoms. The van der Waals surface area contributed by atoms with Gasteiger partial charge < -0.3 is 14.8 Å². The maximum Gasteiger partial charge on any atom is 0.137 e. The number of hydrogen-bond acceptors (Lipinski definition) is 3. The highest BCUT2D eigenvalue weighted by molar-refractivity contribution is 6.32. The van der Waals surface area contributed by atoms with E-state index in [0.717, 1.165) is 24.3 Å². The zero-order chi connectivity index (χ0) is 21.2. The first-order valence-corrected chi connectivity index (χ1v) is 11.8. The Hall–Kier alpha value is -1.26. The second-order valence-electron chi connectivity index (χ2n) is 8.57. The van der Waals surface area contributed by atoms with E-state index in [-0.39, 0.29) is 12.4 Å². The Labute approximate surface area is 199 Å². The Morgan fingerprint density at radius 1 is 1.00 bits per heavy atom. The number of rotatable bonds is 11. The van der Waals surface area contributed by atoms with Crippen molar-refractivity contribution in [3.8, 4) is 5.75 Å². The molecule has 0 bridgehead atoms. The summed E-state index contributed by atoms with van der Waals surface area (Å²) in [6.45, 7) is 6.39. The van der Waals surface area contributed by atoms with Gasteiger partial charge >= 0.3 is 0 Å². The summed E-state index contributed by atoms with van der Waals surface area (Å²) < 4.78 is 12.0. The second kappa shape index (κ2) is 14.0. The average Bonchev–Trinajstić information content (AvgIpc) is 2.77. The van der Waals surface area contributed by atoms with Gasteiger partial charge in [0.05, 0.1) is 17.7 Å². The third-order valence-corrected chi connectivity index (χ3v) is 6.36. The molecule has 0 radical (unpaired) electrons. The van der Waals surface area contributed by atoms with Gasteiger partial charge in [-0.15, -0.1) is 12.4 Å². The monoisotopic (exact) mass is 465 g/mol. The number of nitrogens with one attached hydrogen (secondary N) is 1. The van der Waals surface area contributed by atoms with Crippen molar-refractivity contribution >= 4 is 24.0 Å². The van der Waals surface area contributed by atoms with Crippen LogP contribution in [0.5, 0.6) is 5.75 Å². The van der Waals surface area contributed by atoms with E-state index in [0.29, 0.717) is 36.3 Å². The van der Waals surface area contributed by atoms with E-state index in [4.69, 9.17) is 21.1 Å². The molecule has 2 aromatic rings. The third-order valence-electron chi connectivity index (χ3n) is 6.06. The van der Waals surface area contributed by atoms with Crippen molar-refractivity contribution in [2.24, 2.45) is 5.92 Å². The van der Waals surface area contributed by atoms with E-state index in [9.17, 15) is 0 Å².